The van der Waals surface area contributed by atoms with Gasteiger partial charge in [0.05, 0.1) is 23.1 Å². The van der Waals surface area contributed by atoms with Gasteiger partial charge in [-0.1, -0.05) is 77.8 Å². The lowest BCUT2D eigenvalue weighted by Crippen LogP contribution is -2.30. The van der Waals surface area contributed by atoms with Gasteiger partial charge in [-0.3, -0.25) is 39.9 Å². The molecule has 40 nitrogen and oxygen atoms in total. The number of rotatable bonds is 24. The number of benzene rings is 5. The highest BCUT2D eigenvalue weighted by atomic mass is 32.2. The summed E-state index contributed by atoms with van der Waals surface area (Å²) >= 11 is 4.53. The van der Waals surface area contributed by atoms with Crippen LogP contribution in [-0.2, 0) is 14.4 Å². The number of nitrogen functional groups attached to an aromatic ring is 1. The van der Waals surface area contributed by atoms with Crippen LogP contribution in [0.3, 0.4) is 0 Å². The third-order valence-corrected chi connectivity index (χ3v) is 24.7. The summed E-state index contributed by atoms with van der Waals surface area (Å²) in [4.78, 5) is 86.6. The standard InChI is InChI=1S/C22H18N8OS.C21H21N7OS.C19H19N9OS.C16H14N6.C15H19N7/c31-21(13-5-6-13)25-14-7-9-15(10-8-14)32-19-11-18-23-12-24-30(18)22(26-19)27-20-16-3-1-2-4-17(16)28-29-20;1-12-9-17(27-26-12)24-19-20-22-13(2)10-28(20)11-18(25-19)30-16-7-5-15(6-8-16)23-21(29)14-3-4-14;1-10-8-14(26-25-10)22-19-24-16(9-15-23-18(20)27-28(15)19)30-13-6-4-12(5-7-13)21-17(29)11-2-3-11;1-11-9-14(21-20-11)19-15-16-17-7-8-22(16)10-13(18-15)12-5-3-2-4-6-12;1-11-9-12(20-19-11)17-14-15-16-5-8-22(15)10-13(18-14)21-6-3-2-4-7-21/h1-4,7-13H,5-6H2,(H,25,31)(H2,26,27,28,29);5-11,14H,3-4H2,1-2H3,(H,23,29)(H2,24,25,26,27);4-9,11H,2-3H2,1H3,(H2,20,27)(H,21,29)(H2,22,24,25,26);2-10H,1H3,(H2,18,19,20,21);5,8-10H,2-4,6-7H2,1H3,(H2,17,18,19,20). The van der Waals surface area contributed by atoms with Crippen molar-refractivity contribution in [1.82, 2.24) is 133 Å². The molecule has 4 aliphatic rings. The Balaban J connectivity index is 0.000000106. The minimum atomic E-state index is 0.0937. The maximum Gasteiger partial charge on any atom is 0.240 e. The number of hydrogen-bond donors (Lipinski definition) is 14. The Labute approximate surface area is 787 Å². The number of nitrogens with one attached hydrogen (secondary N) is 13. The molecule has 1 aliphatic heterocycles. The lowest BCUT2D eigenvalue weighted by atomic mass is 10.1. The molecule has 0 bridgehead atoms. The number of aryl methyl sites for hydroxylation is 5. The molecular formula is C93H91N37O3S3. The predicted octanol–water partition coefficient (Wildman–Crippen LogP) is 17.2. The number of H-pyrrole nitrogens is 5. The van der Waals surface area contributed by atoms with E-state index in [1.165, 1.54) is 49.1 Å². The van der Waals surface area contributed by atoms with Crippen LogP contribution in [0.4, 0.5) is 87.3 Å². The number of anilines is 15. The Morgan fingerprint density at radius 1 is 0.412 bits per heavy atom. The van der Waals surface area contributed by atoms with Gasteiger partial charge in [-0.25, -0.2) is 44.9 Å². The number of carbonyl (C=O) groups is 3. The Bertz CT molecular complexity index is 7470. The van der Waals surface area contributed by atoms with Crippen LogP contribution in [0.2, 0.25) is 0 Å². The summed E-state index contributed by atoms with van der Waals surface area (Å²) in [5.41, 5.74) is 19.4. The molecule has 16 heterocycles. The van der Waals surface area contributed by atoms with E-state index in [2.05, 4.69) is 145 Å². The average Bonchev–Trinajstić information content (AvgIpc) is 1.65. The van der Waals surface area contributed by atoms with Gasteiger partial charge in [0.15, 0.2) is 74.8 Å². The molecule has 3 amide bonds. The van der Waals surface area contributed by atoms with E-state index in [9.17, 15) is 14.4 Å². The van der Waals surface area contributed by atoms with Crippen molar-refractivity contribution in [2.24, 2.45) is 17.8 Å². The molecule has 0 unspecified atom stereocenters. The molecule has 5 aromatic carbocycles. The minimum absolute atomic E-state index is 0.0937. The van der Waals surface area contributed by atoms with E-state index in [-0.39, 0.29) is 41.4 Å². The van der Waals surface area contributed by atoms with Crippen molar-refractivity contribution in [2.75, 3.05) is 66.3 Å². The van der Waals surface area contributed by atoms with Crippen molar-refractivity contribution < 1.29 is 14.4 Å². The normalized spacial score (nSPS) is 13.4. The number of carbonyl (C=O) groups excluding carboxylic acids is 3. The maximum atomic E-state index is 11.9. The van der Waals surface area contributed by atoms with Gasteiger partial charge in [0.1, 0.15) is 27.2 Å². The second kappa shape index (κ2) is 39.1. The largest absolute Gasteiger partial charge is 0.366 e. The number of aromatic amines is 5. The van der Waals surface area contributed by atoms with Gasteiger partial charge in [-0.15, -0.1) is 5.10 Å². The van der Waals surface area contributed by atoms with E-state index >= 15 is 0 Å². The van der Waals surface area contributed by atoms with E-state index in [4.69, 9.17) is 25.7 Å². The molecule has 4 fully saturated rings. The van der Waals surface area contributed by atoms with E-state index < -0.39 is 0 Å². The molecule has 684 valence electrons. The van der Waals surface area contributed by atoms with Crippen LogP contribution in [-0.4, -0.2) is 164 Å². The van der Waals surface area contributed by atoms with Crippen molar-refractivity contribution in [1.29, 1.82) is 0 Å². The first-order valence-corrected chi connectivity index (χ1v) is 46.5. The predicted molar refractivity (Wildman–Crippen MR) is 523 cm³/mol. The monoisotopic (exact) mass is 1870 g/mol. The fraction of sp³-hybridized carbons (Fsp3) is 0.204. The lowest BCUT2D eigenvalue weighted by Gasteiger charge is -2.28. The first-order chi connectivity index (χ1) is 66.4. The van der Waals surface area contributed by atoms with Crippen molar-refractivity contribution in [3.05, 3.63) is 248 Å². The van der Waals surface area contributed by atoms with Gasteiger partial charge in [0.25, 0.3) is 0 Å². The van der Waals surface area contributed by atoms with Crippen LogP contribution in [0.25, 0.3) is 50.4 Å². The second-order valence-electron chi connectivity index (χ2n) is 33.0. The molecule has 3 aliphatic carbocycles. The SMILES string of the molecule is Cc1cc(Nc2nc(-c3ccccc3)cn3ccnc23)n[nH]1.Cc1cc(Nc2nc(N3CCCCC3)cn3ccnc23)n[nH]1.Cc1cc(Nc2nc(Sc3ccc(NC(=O)C4CC4)cc3)cc3nc(N)nn23)n[nH]1.Cc1cn2cc(Sc3ccc(NC(=O)C4CC4)cc3)nc(Nc3cc(C)[nH]n3)c2n1.O=C(Nc1ccc(Sc2cc3ncnn3c(Nc3n[nH]c4ccccc34)n2)cc1)C1CC1. The van der Waals surface area contributed by atoms with Crippen molar-refractivity contribution in [3.8, 4) is 11.3 Å². The highest BCUT2D eigenvalue weighted by Gasteiger charge is 2.32. The summed E-state index contributed by atoms with van der Waals surface area (Å²) in [6, 6.07) is 52.6. The second-order valence-corrected chi connectivity index (χ2v) is 36.2. The van der Waals surface area contributed by atoms with Crippen LogP contribution in [0.15, 0.2) is 249 Å². The number of para-hydroxylation sites is 1. The third kappa shape index (κ3) is 21.4. The van der Waals surface area contributed by atoms with Crippen molar-refractivity contribution >= 4 is 179 Å². The van der Waals surface area contributed by atoms with Crippen molar-refractivity contribution in [3.63, 3.8) is 0 Å². The fourth-order valence-electron chi connectivity index (χ4n) is 14.8. The quantitative estimate of drug-likeness (QED) is 0.0250. The van der Waals surface area contributed by atoms with Gasteiger partial charge >= 0.3 is 0 Å². The topological polar surface area (TPSA) is 497 Å². The number of amides is 3. The van der Waals surface area contributed by atoms with Crippen LogP contribution < -0.4 is 53.2 Å². The number of fused-ring (bicyclic) bond motifs is 6. The van der Waals surface area contributed by atoms with Gasteiger partial charge in [-0.05, 0) is 177 Å². The van der Waals surface area contributed by atoms with Gasteiger partial charge in [0, 0.05) is 176 Å². The zero-order valence-corrected chi connectivity index (χ0v) is 76.6. The van der Waals surface area contributed by atoms with E-state index in [0.29, 0.717) is 52.3 Å². The zero-order chi connectivity index (χ0) is 92.7. The molecule has 136 heavy (non-hydrogen) atoms. The highest BCUT2D eigenvalue weighted by Crippen LogP contribution is 2.38. The third-order valence-electron chi connectivity index (χ3n) is 22.0. The van der Waals surface area contributed by atoms with Gasteiger partial charge < -0.3 is 66.4 Å². The average molecular weight is 1870 g/mol. The first kappa shape index (κ1) is 87.4. The van der Waals surface area contributed by atoms with Crippen LogP contribution in [0.5, 0.6) is 0 Å². The maximum absolute atomic E-state index is 11.9. The van der Waals surface area contributed by atoms with Gasteiger partial charge in [-0.2, -0.15) is 44.6 Å². The molecule has 15 N–H and O–H groups in total. The zero-order valence-electron chi connectivity index (χ0n) is 74.1. The summed E-state index contributed by atoms with van der Waals surface area (Å²) < 4.78 is 9.12. The van der Waals surface area contributed by atoms with Crippen LogP contribution in [0.1, 0.15) is 86.3 Å². The highest BCUT2D eigenvalue weighted by molar-refractivity contribution is 7.99. The van der Waals surface area contributed by atoms with Crippen LogP contribution >= 0.6 is 35.3 Å². The molecule has 1 saturated heterocycles. The number of nitrogens with two attached hydrogens (primary N) is 1. The molecule has 24 rings (SSSR count). The molecule has 0 spiro atoms. The molecule has 0 atom stereocenters. The van der Waals surface area contributed by atoms with Crippen molar-refractivity contribution in [2.45, 2.75) is 122 Å². The Morgan fingerprint density at radius 2 is 0.897 bits per heavy atom. The number of aromatic nitrogens is 27. The number of piperidine rings is 1. The van der Waals surface area contributed by atoms with Gasteiger partial charge in [0.2, 0.25) is 35.6 Å². The Hall–Kier alpha value is -16.6. The summed E-state index contributed by atoms with van der Waals surface area (Å²) in [7, 11) is 0. The Kier molecular flexibility index (Phi) is 25.1. The molecule has 43 heteroatoms. The summed E-state index contributed by atoms with van der Waals surface area (Å²) in [5.74, 6) is 8.51. The fourth-order valence-corrected chi connectivity index (χ4v) is 17.2. The summed E-state index contributed by atoms with van der Waals surface area (Å²) in [6.45, 7) is 11.9. The number of nitrogens with zero attached hydrogens (tertiary/aromatic N) is 23. The molecule has 0 radical (unpaired) electrons. The number of hydrogen-bond acceptors (Lipinski definition) is 30. The van der Waals surface area contributed by atoms with E-state index in [0.717, 1.165) is 189 Å². The number of imidazole rings is 3. The van der Waals surface area contributed by atoms with E-state index in [1.807, 2.05) is 243 Å². The smallest absolute Gasteiger partial charge is 0.240 e. The van der Waals surface area contributed by atoms with E-state index in [1.54, 1.807) is 33.2 Å². The van der Waals surface area contributed by atoms with Crippen LogP contribution in [0, 0.1) is 52.4 Å². The molecule has 15 aromatic heterocycles. The minimum Gasteiger partial charge on any atom is -0.366 e. The first-order valence-electron chi connectivity index (χ1n) is 44.1. The molecule has 20 aromatic rings. The Morgan fingerprint density at radius 3 is 1.43 bits per heavy atom. The summed E-state index contributed by atoms with van der Waals surface area (Å²) in [5, 5.41) is 72.6. The summed E-state index contributed by atoms with van der Waals surface area (Å²) in [6.07, 6.45) is 26.5. The molecular weight excluding hydrogens is 1780 g/mol. The lowest BCUT2D eigenvalue weighted by molar-refractivity contribution is -0.118. The molecule has 3 saturated carbocycles.